The van der Waals surface area contributed by atoms with Gasteiger partial charge in [-0.15, -0.1) is 0 Å². The largest absolute Gasteiger partial charge is 0.506 e. The van der Waals surface area contributed by atoms with Gasteiger partial charge in [0.2, 0.25) is 0 Å². The van der Waals surface area contributed by atoms with Crippen molar-refractivity contribution in [3.63, 3.8) is 0 Å². The lowest BCUT2D eigenvalue weighted by Gasteiger charge is -2.22. The molecule has 2 rings (SSSR count). The summed E-state index contributed by atoms with van der Waals surface area (Å²) in [5.41, 5.74) is 1.35. The monoisotopic (exact) mass is 305 g/mol. The molecule has 0 aliphatic carbocycles. The van der Waals surface area contributed by atoms with Gasteiger partial charge < -0.3 is 15.1 Å². The second-order valence-electron chi connectivity index (χ2n) is 4.60. The molecule has 110 valence electrons. The van der Waals surface area contributed by atoms with Crippen molar-refractivity contribution in [3.05, 3.63) is 64.7 Å². The number of aliphatic hydroxyl groups excluding tert-OH is 1. The van der Waals surface area contributed by atoms with E-state index in [0.29, 0.717) is 12.1 Å². The molecule has 0 fully saturated rings. The van der Waals surface area contributed by atoms with Crippen molar-refractivity contribution in [1.82, 2.24) is 4.90 Å². The Morgan fingerprint density at radius 3 is 2.48 bits per heavy atom. The number of aliphatic hydroxyl groups is 1. The zero-order valence-corrected chi connectivity index (χ0v) is 12.1. The highest BCUT2D eigenvalue weighted by Crippen LogP contribution is 2.24. The van der Waals surface area contributed by atoms with Gasteiger partial charge in [-0.2, -0.15) is 0 Å². The van der Waals surface area contributed by atoms with Gasteiger partial charge in [-0.25, -0.2) is 0 Å². The van der Waals surface area contributed by atoms with E-state index in [-0.39, 0.29) is 29.8 Å². The molecule has 0 aromatic heterocycles. The van der Waals surface area contributed by atoms with Gasteiger partial charge in [-0.1, -0.05) is 41.9 Å². The number of hydrogen-bond acceptors (Lipinski definition) is 3. The molecule has 2 aromatic carbocycles. The summed E-state index contributed by atoms with van der Waals surface area (Å²) in [4.78, 5) is 14.0. The lowest BCUT2D eigenvalue weighted by molar-refractivity contribution is 0.0708. The Morgan fingerprint density at radius 1 is 1.14 bits per heavy atom. The molecule has 1 amide bonds. The highest BCUT2D eigenvalue weighted by Gasteiger charge is 2.16. The van der Waals surface area contributed by atoms with Crippen LogP contribution in [0.25, 0.3) is 0 Å². The highest BCUT2D eigenvalue weighted by molar-refractivity contribution is 6.32. The molecule has 0 heterocycles. The average molecular weight is 306 g/mol. The number of rotatable bonds is 5. The second kappa shape index (κ2) is 7.11. The van der Waals surface area contributed by atoms with Crippen LogP contribution in [0.2, 0.25) is 5.02 Å². The molecule has 0 bridgehead atoms. The summed E-state index contributed by atoms with van der Waals surface area (Å²) in [6.07, 6.45) is 0. The quantitative estimate of drug-likeness (QED) is 0.893. The van der Waals surface area contributed by atoms with E-state index < -0.39 is 0 Å². The molecular weight excluding hydrogens is 290 g/mol. The van der Waals surface area contributed by atoms with Crippen LogP contribution in [0.1, 0.15) is 15.9 Å². The number of carbonyl (C=O) groups excluding carboxylic acids is 1. The van der Waals surface area contributed by atoms with E-state index in [1.54, 1.807) is 0 Å². The van der Waals surface area contributed by atoms with Crippen molar-refractivity contribution in [2.45, 2.75) is 6.54 Å². The van der Waals surface area contributed by atoms with Crippen LogP contribution in [0.5, 0.6) is 5.75 Å². The molecule has 2 aromatic rings. The molecule has 21 heavy (non-hydrogen) atoms. The van der Waals surface area contributed by atoms with Gasteiger partial charge in [0.1, 0.15) is 5.75 Å². The fourth-order valence-corrected chi connectivity index (χ4v) is 2.18. The van der Waals surface area contributed by atoms with Crippen LogP contribution in [-0.4, -0.2) is 34.2 Å². The maximum atomic E-state index is 12.5. The predicted octanol–water partition coefficient (Wildman–Crippen LogP) is 2.68. The maximum Gasteiger partial charge on any atom is 0.254 e. The van der Waals surface area contributed by atoms with E-state index in [0.717, 1.165) is 5.56 Å². The first-order chi connectivity index (χ1) is 10.1. The van der Waals surface area contributed by atoms with Gasteiger partial charge in [0.25, 0.3) is 5.91 Å². The van der Waals surface area contributed by atoms with Crippen LogP contribution in [-0.2, 0) is 6.54 Å². The van der Waals surface area contributed by atoms with Gasteiger partial charge in [0.05, 0.1) is 11.6 Å². The molecule has 0 aliphatic heterocycles. The Hall–Kier alpha value is -2.04. The standard InChI is InChI=1S/C16H16ClNO3/c17-14-10-13(6-7-15(14)20)16(21)18(8-9-19)11-12-4-2-1-3-5-12/h1-7,10,19-20H,8-9,11H2. The molecule has 0 saturated carbocycles. The minimum absolute atomic E-state index is 0.0648. The highest BCUT2D eigenvalue weighted by atomic mass is 35.5. The van der Waals surface area contributed by atoms with Crippen LogP contribution < -0.4 is 0 Å². The van der Waals surface area contributed by atoms with Crippen molar-refractivity contribution < 1.29 is 15.0 Å². The van der Waals surface area contributed by atoms with Crippen molar-refractivity contribution in [2.75, 3.05) is 13.2 Å². The van der Waals surface area contributed by atoms with Crippen molar-refractivity contribution in [2.24, 2.45) is 0 Å². The predicted molar refractivity (Wildman–Crippen MR) is 81.4 cm³/mol. The molecule has 0 radical (unpaired) electrons. The summed E-state index contributed by atoms with van der Waals surface area (Å²) in [5, 5.41) is 18.7. The molecular formula is C16H16ClNO3. The number of carbonyl (C=O) groups is 1. The maximum absolute atomic E-state index is 12.5. The molecule has 4 nitrogen and oxygen atoms in total. The lowest BCUT2D eigenvalue weighted by Crippen LogP contribution is -2.33. The first-order valence-electron chi connectivity index (χ1n) is 6.54. The molecule has 0 spiro atoms. The molecule has 0 unspecified atom stereocenters. The minimum Gasteiger partial charge on any atom is -0.506 e. The Balaban J connectivity index is 2.20. The van der Waals surface area contributed by atoms with Gasteiger partial charge in [0.15, 0.2) is 0 Å². The van der Waals surface area contributed by atoms with E-state index in [1.807, 2.05) is 30.3 Å². The second-order valence-corrected chi connectivity index (χ2v) is 5.01. The zero-order chi connectivity index (χ0) is 15.2. The van der Waals surface area contributed by atoms with Crippen molar-refractivity contribution in [1.29, 1.82) is 0 Å². The Labute approximate surface area is 128 Å². The van der Waals surface area contributed by atoms with Crippen LogP contribution in [0.3, 0.4) is 0 Å². The minimum atomic E-state index is -0.241. The third-order valence-corrected chi connectivity index (χ3v) is 3.37. The van der Waals surface area contributed by atoms with Crippen molar-refractivity contribution in [3.8, 4) is 5.75 Å². The molecule has 5 heteroatoms. The van der Waals surface area contributed by atoms with Gasteiger partial charge in [-0.3, -0.25) is 4.79 Å². The zero-order valence-electron chi connectivity index (χ0n) is 11.4. The average Bonchev–Trinajstić information content (AvgIpc) is 2.50. The van der Waals surface area contributed by atoms with Gasteiger partial charge >= 0.3 is 0 Å². The van der Waals surface area contributed by atoms with Gasteiger partial charge in [0, 0.05) is 18.7 Å². The van der Waals surface area contributed by atoms with E-state index in [9.17, 15) is 9.90 Å². The molecule has 2 N–H and O–H groups in total. The summed E-state index contributed by atoms with van der Waals surface area (Å²) < 4.78 is 0. The number of benzene rings is 2. The Morgan fingerprint density at radius 2 is 1.86 bits per heavy atom. The Bertz CT molecular complexity index is 616. The summed E-state index contributed by atoms with van der Waals surface area (Å²) >= 11 is 5.83. The SMILES string of the molecule is O=C(c1ccc(O)c(Cl)c1)N(CCO)Cc1ccccc1. The lowest BCUT2D eigenvalue weighted by atomic mass is 10.1. The number of aromatic hydroxyl groups is 1. The number of hydrogen-bond donors (Lipinski definition) is 2. The van der Waals surface area contributed by atoms with E-state index in [2.05, 4.69) is 0 Å². The molecule has 0 aliphatic rings. The van der Waals surface area contributed by atoms with Crippen LogP contribution in [0.15, 0.2) is 48.5 Å². The number of phenols is 1. The number of amides is 1. The van der Waals surface area contributed by atoms with Gasteiger partial charge in [-0.05, 0) is 23.8 Å². The fraction of sp³-hybridized carbons (Fsp3) is 0.188. The van der Waals surface area contributed by atoms with Crippen LogP contribution in [0.4, 0.5) is 0 Å². The summed E-state index contributed by atoms with van der Waals surface area (Å²) in [7, 11) is 0. The Kier molecular flexibility index (Phi) is 5.20. The third kappa shape index (κ3) is 3.97. The normalized spacial score (nSPS) is 10.4. The van der Waals surface area contributed by atoms with E-state index >= 15 is 0 Å². The molecule has 0 atom stereocenters. The van der Waals surface area contributed by atoms with E-state index in [4.69, 9.17) is 16.7 Å². The number of halogens is 1. The summed E-state index contributed by atoms with van der Waals surface area (Å²) in [5.74, 6) is -0.306. The third-order valence-electron chi connectivity index (χ3n) is 3.07. The number of nitrogens with zero attached hydrogens (tertiary/aromatic N) is 1. The summed E-state index contributed by atoms with van der Waals surface area (Å²) in [6.45, 7) is 0.509. The first-order valence-corrected chi connectivity index (χ1v) is 6.92. The van der Waals surface area contributed by atoms with Crippen LogP contribution >= 0.6 is 11.6 Å². The topological polar surface area (TPSA) is 60.8 Å². The summed E-state index contributed by atoms with van der Waals surface area (Å²) in [6, 6.07) is 13.9. The van der Waals surface area contributed by atoms with E-state index in [1.165, 1.54) is 23.1 Å². The first kappa shape index (κ1) is 15.4. The van der Waals surface area contributed by atoms with Crippen molar-refractivity contribution >= 4 is 17.5 Å². The smallest absolute Gasteiger partial charge is 0.254 e. The fourth-order valence-electron chi connectivity index (χ4n) is 2.00. The molecule has 0 saturated heterocycles. The number of phenolic OH excluding ortho intramolecular Hbond substituents is 1. The van der Waals surface area contributed by atoms with Crippen LogP contribution in [0, 0.1) is 0 Å².